The molecule has 0 unspecified atom stereocenters. The smallest absolute Gasteiger partial charge is 0.0620 e. The lowest BCUT2D eigenvalue weighted by molar-refractivity contribution is 0.293. The first-order valence-corrected chi connectivity index (χ1v) is 6.57. The Balaban J connectivity index is 2.50. The minimum atomic E-state index is -1.32. The van der Waals surface area contributed by atoms with E-state index in [2.05, 4.69) is 11.2 Å². The summed E-state index contributed by atoms with van der Waals surface area (Å²) < 4.78 is 13.5. The molecule has 1 saturated heterocycles. The van der Waals surface area contributed by atoms with Crippen molar-refractivity contribution >= 4 is 10.8 Å². The van der Waals surface area contributed by atoms with Gasteiger partial charge in [-0.2, -0.15) is 0 Å². The third-order valence-electron chi connectivity index (χ3n) is 2.49. The standard InChI is InChI=1S/C9H21NO2S/c1-4-5-7-10-8-6-9-13(10,11-2)12-3/h4-9H2,1-3H3. The van der Waals surface area contributed by atoms with Crippen LogP contribution in [0.5, 0.6) is 0 Å². The molecule has 0 amide bonds. The third kappa shape index (κ3) is 2.37. The first-order chi connectivity index (χ1) is 6.29. The van der Waals surface area contributed by atoms with Gasteiger partial charge in [-0.25, -0.2) is 4.31 Å². The molecule has 1 rings (SSSR count). The largest absolute Gasteiger partial charge is 0.274 e. The van der Waals surface area contributed by atoms with Gasteiger partial charge in [0.05, 0.1) is 20.0 Å². The van der Waals surface area contributed by atoms with E-state index in [4.69, 9.17) is 8.37 Å². The molecule has 0 radical (unpaired) electrons. The molecule has 0 aliphatic carbocycles. The Bertz CT molecular complexity index is 151. The van der Waals surface area contributed by atoms with Gasteiger partial charge in [0.15, 0.2) is 0 Å². The Kier molecular flexibility index (Phi) is 4.52. The predicted molar refractivity (Wildman–Crippen MR) is 57.6 cm³/mol. The molecule has 80 valence electrons. The van der Waals surface area contributed by atoms with Gasteiger partial charge in [0.1, 0.15) is 0 Å². The van der Waals surface area contributed by atoms with Crippen molar-refractivity contribution in [1.82, 2.24) is 4.31 Å². The highest BCUT2D eigenvalue weighted by atomic mass is 32.3. The van der Waals surface area contributed by atoms with E-state index in [1.54, 1.807) is 14.2 Å². The maximum Gasteiger partial charge on any atom is 0.0620 e. The molecule has 0 aromatic heterocycles. The molecule has 1 aliphatic heterocycles. The van der Waals surface area contributed by atoms with E-state index in [-0.39, 0.29) is 0 Å². The number of rotatable bonds is 5. The fourth-order valence-corrected chi connectivity index (χ4v) is 4.18. The lowest BCUT2D eigenvalue weighted by atomic mass is 10.3. The zero-order valence-corrected chi connectivity index (χ0v) is 9.73. The normalized spacial score (nSPS) is 24.8. The van der Waals surface area contributed by atoms with Crippen LogP contribution in [-0.4, -0.2) is 37.4 Å². The highest BCUT2D eigenvalue weighted by Gasteiger charge is 2.32. The molecule has 0 atom stereocenters. The second kappa shape index (κ2) is 5.20. The molecule has 4 heteroatoms. The lowest BCUT2D eigenvalue weighted by Gasteiger charge is -2.44. The van der Waals surface area contributed by atoms with Gasteiger partial charge >= 0.3 is 0 Å². The molecule has 1 heterocycles. The molecule has 0 bridgehead atoms. The van der Waals surface area contributed by atoms with E-state index >= 15 is 0 Å². The summed E-state index contributed by atoms with van der Waals surface area (Å²) in [5, 5.41) is 0. The van der Waals surface area contributed by atoms with Crippen molar-refractivity contribution in [2.24, 2.45) is 0 Å². The van der Waals surface area contributed by atoms with E-state index in [1.807, 2.05) is 0 Å². The minimum Gasteiger partial charge on any atom is -0.274 e. The molecule has 0 saturated carbocycles. The van der Waals surface area contributed by atoms with Crippen molar-refractivity contribution in [2.75, 3.05) is 33.1 Å². The van der Waals surface area contributed by atoms with Gasteiger partial charge in [0, 0.05) is 13.1 Å². The first-order valence-electron chi connectivity index (χ1n) is 4.96. The van der Waals surface area contributed by atoms with Crippen LogP contribution in [0.15, 0.2) is 0 Å². The summed E-state index contributed by atoms with van der Waals surface area (Å²) in [5.41, 5.74) is 0. The Labute approximate surface area is 83.3 Å². The van der Waals surface area contributed by atoms with Crippen molar-refractivity contribution < 1.29 is 8.37 Å². The van der Waals surface area contributed by atoms with Crippen LogP contribution in [0.3, 0.4) is 0 Å². The molecule has 3 nitrogen and oxygen atoms in total. The molecule has 0 N–H and O–H groups in total. The predicted octanol–water partition coefficient (Wildman–Crippen LogP) is 2.33. The molecule has 13 heavy (non-hydrogen) atoms. The van der Waals surface area contributed by atoms with Gasteiger partial charge in [-0.3, -0.25) is 8.37 Å². The van der Waals surface area contributed by atoms with E-state index < -0.39 is 10.8 Å². The summed E-state index contributed by atoms with van der Waals surface area (Å²) in [6.07, 6.45) is 3.68. The monoisotopic (exact) mass is 207 g/mol. The molecular formula is C9H21NO2S. The first kappa shape index (κ1) is 11.3. The SMILES string of the molecule is CCCCN1CCCS1(OC)OC. The summed E-state index contributed by atoms with van der Waals surface area (Å²) in [4.78, 5) is 0. The molecule has 1 fully saturated rings. The van der Waals surface area contributed by atoms with Gasteiger partial charge in [0.25, 0.3) is 0 Å². The number of hydrogen-bond acceptors (Lipinski definition) is 3. The zero-order chi connectivity index (χ0) is 9.73. The van der Waals surface area contributed by atoms with Crippen LogP contribution < -0.4 is 0 Å². The number of unbranched alkanes of at least 4 members (excludes halogenated alkanes) is 1. The molecule has 1 aliphatic rings. The van der Waals surface area contributed by atoms with Crippen molar-refractivity contribution in [3.8, 4) is 0 Å². The van der Waals surface area contributed by atoms with E-state index in [0.717, 1.165) is 18.8 Å². The topological polar surface area (TPSA) is 21.7 Å². The molecule has 0 aromatic carbocycles. The molecular weight excluding hydrogens is 186 g/mol. The van der Waals surface area contributed by atoms with Crippen LogP contribution in [0.4, 0.5) is 0 Å². The summed E-state index contributed by atoms with van der Waals surface area (Å²) in [7, 11) is 2.22. The van der Waals surface area contributed by atoms with Gasteiger partial charge in [0.2, 0.25) is 0 Å². The van der Waals surface area contributed by atoms with E-state index in [0.29, 0.717) is 0 Å². The van der Waals surface area contributed by atoms with Gasteiger partial charge in [-0.1, -0.05) is 13.3 Å². The van der Waals surface area contributed by atoms with E-state index in [9.17, 15) is 0 Å². The fraction of sp³-hybridized carbons (Fsp3) is 1.00. The summed E-state index contributed by atoms with van der Waals surface area (Å²) in [5.74, 6) is 1.07. The number of hydrogen-bond donors (Lipinski definition) is 0. The summed E-state index contributed by atoms with van der Waals surface area (Å²) in [6, 6.07) is 0. The van der Waals surface area contributed by atoms with Crippen LogP contribution in [0.2, 0.25) is 0 Å². The van der Waals surface area contributed by atoms with Gasteiger partial charge < -0.3 is 0 Å². The Morgan fingerprint density at radius 1 is 1.31 bits per heavy atom. The summed E-state index contributed by atoms with van der Waals surface area (Å²) >= 11 is 0. The average Bonchev–Trinajstić information content (AvgIpc) is 2.58. The van der Waals surface area contributed by atoms with Crippen molar-refractivity contribution in [2.45, 2.75) is 26.2 Å². The fourth-order valence-electron chi connectivity index (χ4n) is 1.72. The van der Waals surface area contributed by atoms with Crippen molar-refractivity contribution in [3.05, 3.63) is 0 Å². The van der Waals surface area contributed by atoms with Crippen LogP contribution in [0, 0.1) is 0 Å². The lowest BCUT2D eigenvalue weighted by Crippen LogP contribution is -2.26. The third-order valence-corrected chi connectivity index (χ3v) is 5.48. The quantitative estimate of drug-likeness (QED) is 0.690. The maximum atomic E-state index is 5.54. The van der Waals surface area contributed by atoms with Crippen molar-refractivity contribution in [3.63, 3.8) is 0 Å². The Morgan fingerprint density at radius 2 is 2.00 bits per heavy atom. The average molecular weight is 207 g/mol. The van der Waals surface area contributed by atoms with Crippen LogP contribution in [0.1, 0.15) is 26.2 Å². The summed E-state index contributed by atoms with van der Waals surface area (Å²) in [6.45, 7) is 4.47. The maximum absolute atomic E-state index is 5.54. The number of nitrogens with zero attached hydrogens (tertiary/aromatic N) is 1. The molecule has 0 aromatic rings. The zero-order valence-electron chi connectivity index (χ0n) is 8.91. The van der Waals surface area contributed by atoms with Crippen LogP contribution in [-0.2, 0) is 8.37 Å². The van der Waals surface area contributed by atoms with Gasteiger partial charge in [-0.15, -0.1) is 10.8 Å². The molecule has 0 spiro atoms. The van der Waals surface area contributed by atoms with Crippen molar-refractivity contribution in [1.29, 1.82) is 0 Å². The minimum absolute atomic E-state index is 1.07. The van der Waals surface area contributed by atoms with Crippen LogP contribution in [0.25, 0.3) is 0 Å². The van der Waals surface area contributed by atoms with E-state index in [1.165, 1.54) is 19.3 Å². The Morgan fingerprint density at radius 3 is 2.54 bits per heavy atom. The van der Waals surface area contributed by atoms with Crippen LogP contribution >= 0.6 is 10.8 Å². The second-order valence-corrected chi connectivity index (χ2v) is 6.01. The van der Waals surface area contributed by atoms with Gasteiger partial charge in [-0.05, 0) is 12.8 Å². The highest BCUT2D eigenvalue weighted by Crippen LogP contribution is 2.56. The second-order valence-electron chi connectivity index (χ2n) is 3.26. The highest BCUT2D eigenvalue weighted by molar-refractivity contribution is 8.24. The Hall–Kier alpha value is 0.230.